The summed E-state index contributed by atoms with van der Waals surface area (Å²) < 4.78 is 44.2. The van der Waals surface area contributed by atoms with Crippen molar-refractivity contribution in [2.45, 2.75) is 255 Å². The molecule has 438 valence electrons. The van der Waals surface area contributed by atoms with Crippen LogP contribution in [0.2, 0.25) is 0 Å². The molecule has 11 unspecified atom stereocenters. The number of ether oxygens (including phenoxy) is 4. The Morgan fingerprint density at radius 3 is 1.59 bits per heavy atom. The van der Waals surface area contributed by atoms with E-state index in [1.54, 1.807) is 0 Å². The molecule has 0 radical (unpaired) electrons. The van der Waals surface area contributed by atoms with Gasteiger partial charge in [-0.1, -0.05) is 141 Å². The summed E-state index contributed by atoms with van der Waals surface area (Å²) in [5, 5.41) is 83.7. The number of nitrogens with one attached hydrogen (secondary N) is 1. The highest BCUT2D eigenvalue weighted by atomic mass is 31.2. The largest absolute Gasteiger partial charge is 0.756 e. The summed E-state index contributed by atoms with van der Waals surface area (Å²) in [5.41, 5.74) is 0. The SMILES string of the molecule is CCCCCCCCC=CCCCCCCCC(=O)OCC(COP(=O)([O-])OCCNCC(O)C(O)C(OC1OC(CO)C(O)C(O)C1O)C(O)CO)OC(=O)CCCCCCCC=CCCCCCCCC.[NH4+]. The molecule has 0 aromatic heterocycles. The zero-order chi connectivity index (χ0) is 54.0. The van der Waals surface area contributed by atoms with Crippen LogP contribution >= 0.6 is 7.82 Å². The van der Waals surface area contributed by atoms with Crippen LogP contribution in [0.25, 0.3) is 0 Å². The number of esters is 2. The van der Waals surface area contributed by atoms with E-state index < -0.39 is 121 Å². The summed E-state index contributed by atoms with van der Waals surface area (Å²) in [6.45, 7) is 0.431. The van der Waals surface area contributed by atoms with Crippen LogP contribution in [0.15, 0.2) is 24.3 Å². The number of rotatable bonds is 49. The molecule has 0 amide bonds. The van der Waals surface area contributed by atoms with E-state index in [-0.39, 0.29) is 25.5 Å². The Morgan fingerprint density at radius 1 is 0.635 bits per heavy atom. The third kappa shape index (κ3) is 36.2. The van der Waals surface area contributed by atoms with Crippen LogP contribution in [0.1, 0.15) is 194 Å². The van der Waals surface area contributed by atoms with Gasteiger partial charge < -0.3 is 85.2 Å². The first-order valence-corrected chi connectivity index (χ1v) is 29.2. The lowest BCUT2D eigenvalue weighted by atomic mass is 9.98. The molecular formula is C53H103N2O18P. The van der Waals surface area contributed by atoms with Gasteiger partial charge in [0.2, 0.25) is 0 Å². The van der Waals surface area contributed by atoms with Crippen molar-refractivity contribution in [1.29, 1.82) is 0 Å². The minimum atomic E-state index is -5.01. The molecule has 1 heterocycles. The van der Waals surface area contributed by atoms with E-state index in [0.29, 0.717) is 12.8 Å². The standard InChI is InChI=1S/C53H100NO18P.H3N/c1-3-5-7-9-11-13-15-17-19-21-23-25-27-29-31-33-46(59)67-40-42(70-47(60)34-32-30-28-26-24-22-20-18-16-14-12-10-8-6-4-2)41-69-73(65,66)68-36-35-54-37-43(57)48(61)52(44(58)38-55)72-53-51(64)50(63)49(62)45(39-56)71-53;/h17-20,42-45,48-58,61-64H,3-16,21-41H2,1-2H3,(H,65,66);1H3. The molecule has 1 fully saturated rings. The summed E-state index contributed by atoms with van der Waals surface area (Å²) >= 11 is 0. The van der Waals surface area contributed by atoms with Crippen molar-refractivity contribution < 1.29 is 87.9 Å². The third-order valence-electron chi connectivity index (χ3n) is 12.8. The first kappa shape index (κ1) is 72.0. The zero-order valence-electron chi connectivity index (χ0n) is 45.4. The van der Waals surface area contributed by atoms with E-state index in [4.69, 9.17) is 28.0 Å². The van der Waals surface area contributed by atoms with Crippen LogP contribution in [-0.2, 0) is 42.1 Å². The van der Waals surface area contributed by atoms with Crippen molar-refractivity contribution in [1.82, 2.24) is 11.5 Å². The molecule has 1 aliphatic heterocycles. The van der Waals surface area contributed by atoms with Gasteiger partial charge in [-0.2, -0.15) is 0 Å². The molecule has 1 rings (SSSR count). The lowest BCUT2D eigenvalue weighted by Crippen LogP contribution is -2.61. The number of unbranched alkanes of at least 4 members (excludes halogenated alkanes) is 22. The zero-order valence-corrected chi connectivity index (χ0v) is 46.3. The van der Waals surface area contributed by atoms with Gasteiger partial charge in [0.1, 0.15) is 49.3 Å². The van der Waals surface area contributed by atoms with Crippen molar-refractivity contribution in [3.8, 4) is 0 Å². The highest BCUT2D eigenvalue weighted by molar-refractivity contribution is 7.45. The molecule has 0 spiro atoms. The average Bonchev–Trinajstić information content (AvgIpc) is 3.37. The monoisotopic (exact) mass is 1090 g/mol. The van der Waals surface area contributed by atoms with E-state index in [2.05, 4.69) is 43.5 Å². The second-order valence-corrected chi connectivity index (χ2v) is 20.8. The van der Waals surface area contributed by atoms with Gasteiger partial charge >= 0.3 is 11.9 Å². The Balaban J connectivity index is 0.0000533. The molecular weight excluding hydrogens is 984 g/mol. The van der Waals surface area contributed by atoms with Crippen LogP contribution < -0.4 is 16.4 Å². The van der Waals surface area contributed by atoms with Crippen molar-refractivity contribution in [3.05, 3.63) is 24.3 Å². The summed E-state index contributed by atoms with van der Waals surface area (Å²) in [6.07, 6.45) is 21.0. The fraction of sp³-hybridized carbons (Fsp3) is 0.887. The van der Waals surface area contributed by atoms with E-state index >= 15 is 0 Å². The normalized spacial score (nSPS) is 21.0. The third-order valence-corrected chi connectivity index (χ3v) is 13.7. The minimum Gasteiger partial charge on any atom is -0.756 e. The maximum atomic E-state index is 12.9. The summed E-state index contributed by atoms with van der Waals surface area (Å²) in [4.78, 5) is 38.2. The molecule has 11 atom stereocenters. The number of aliphatic hydroxyl groups is 8. The summed E-state index contributed by atoms with van der Waals surface area (Å²) in [6, 6.07) is 0. The molecule has 0 aromatic carbocycles. The van der Waals surface area contributed by atoms with E-state index in [0.717, 1.165) is 77.0 Å². The molecule has 13 N–H and O–H groups in total. The summed E-state index contributed by atoms with van der Waals surface area (Å²) in [5.74, 6) is -1.09. The Hall–Kier alpha value is -1.95. The Kier molecular flexibility index (Phi) is 45.8. The van der Waals surface area contributed by atoms with E-state index in [1.165, 1.54) is 77.0 Å². The molecule has 1 saturated heterocycles. The number of quaternary nitrogens is 1. The fourth-order valence-electron chi connectivity index (χ4n) is 8.17. The molecule has 1 aliphatic rings. The molecule has 20 nitrogen and oxygen atoms in total. The van der Waals surface area contributed by atoms with Crippen LogP contribution in [0, 0.1) is 0 Å². The Morgan fingerprint density at radius 2 is 1.11 bits per heavy atom. The predicted molar refractivity (Wildman–Crippen MR) is 282 cm³/mol. The van der Waals surface area contributed by atoms with Crippen LogP contribution in [0.3, 0.4) is 0 Å². The van der Waals surface area contributed by atoms with Crippen molar-refractivity contribution >= 4 is 19.8 Å². The lowest BCUT2D eigenvalue weighted by Gasteiger charge is -2.42. The van der Waals surface area contributed by atoms with E-state index in [9.17, 15) is 59.9 Å². The minimum absolute atomic E-state index is 0. The number of phosphoric ester groups is 1. The highest BCUT2D eigenvalue weighted by Gasteiger charge is 2.46. The number of aliphatic hydroxyl groups excluding tert-OH is 8. The molecule has 0 aliphatic carbocycles. The average molecular weight is 1090 g/mol. The molecule has 0 bridgehead atoms. The van der Waals surface area contributed by atoms with Crippen molar-refractivity contribution in [3.63, 3.8) is 0 Å². The van der Waals surface area contributed by atoms with Gasteiger partial charge in [0, 0.05) is 25.9 Å². The number of carbonyl (C=O) groups is 2. The van der Waals surface area contributed by atoms with Gasteiger partial charge in [-0.3, -0.25) is 14.2 Å². The number of allylic oxidation sites excluding steroid dienone is 4. The Bertz CT molecular complexity index is 1450. The maximum absolute atomic E-state index is 12.9. The highest BCUT2D eigenvalue weighted by Crippen LogP contribution is 2.38. The molecule has 74 heavy (non-hydrogen) atoms. The fourth-order valence-corrected chi connectivity index (χ4v) is 8.91. The maximum Gasteiger partial charge on any atom is 0.306 e. The van der Waals surface area contributed by atoms with Crippen LogP contribution in [0.4, 0.5) is 0 Å². The molecule has 0 saturated carbocycles. The smallest absolute Gasteiger partial charge is 0.306 e. The van der Waals surface area contributed by atoms with Gasteiger partial charge in [0.25, 0.3) is 7.82 Å². The topological polar surface area (TPSA) is 340 Å². The van der Waals surface area contributed by atoms with Gasteiger partial charge in [-0.05, 0) is 64.2 Å². The molecule has 21 heteroatoms. The second kappa shape index (κ2) is 47.1. The first-order valence-electron chi connectivity index (χ1n) is 27.8. The Labute approximate surface area is 443 Å². The number of hydrogen-bond donors (Lipinski definition) is 10. The van der Waals surface area contributed by atoms with Crippen LogP contribution in [-0.4, -0.2) is 160 Å². The number of carbonyl (C=O) groups excluding carboxylic acids is 2. The quantitative estimate of drug-likeness (QED) is 0.0139. The number of hydrogen-bond acceptors (Lipinski definition) is 19. The van der Waals surface area contributed by atoms with Crippen molar-refractivity contribution in [2.75, 3.05) is 46.1 Å². The van der Waals surface area contributed by atoms with Crippen LogP contribution in [0.5, 0.6) is 0 Å². The van der Waals surface area contributed by atoms with Gasteiger partial charge in [-0.15, -0.1) is 0 Å². The first-order chi connectivity index (χ1) is 35.2. The van der Waals surface area contributed by atoms with Gasteiger partial charge in [0.05, 0.1) is 32.5 Å². The molecule has 0 aromatic rings. The van der Waals surface area contributed by atoms with Gasteiger partial charge in [-0.25, -0.2) is 0 Å². The van der Waals surface area contributed by atoms with Gasteiger partial charge in [0.15, 0.2) is 12.4 Å². The van der Waals surface area contributed by atoms with Crippen molar-refractivity contribution in [2.24, 2.45) is 0 Å². The lowest BCUT2D eigenvalue weighted by molar-refractivity contribution is -0.327. The second-order valence-electron chi connectivity index (χ2n) is 19.3. The number of phosphoric acid groups is 1. The predicted octanol–water partition coefficient (Wildman–Crippen LogP) is 6.24. The van der Waals surface area contributed by atoms with E-state index in [1.807, 2.05) is 0 Å². The summed E-state index contributed by atoms with van der Waals surface area (Å²) in [7, 11) is -5.01.